The summed E-state index contributed by atoms with van der Waals surface area (Å²) < 4.78 is 0. The lowest BCUT2D eigenvalue weighted by Crippen LogP contribution is -1.77. The molecule has 94 valence electrons. The first-order valence-electron chi connectivity index (χ1n) is 7.33. The molecule has 0 aromatic rings. The predicted octanol–water partition coefficient (Wildman–Crippen LogP) is 6.34. The maximum absolute atomic E-state index is 2.27. The van der Waals surface area contributed by atoms with Gasteiger partial charge in [-0.15, -0.1) is 0 Å². The van der Waals surface area contributed by atoms with Crippen LogP contribution in [0.25, 0.3) is 0 Å². The predicted molar refractivity (Wildman–Crippen MR) is 73.5 cm³/mol. The van der Waals surface area contributed by atoms with Crippen molar-refractivity contribution in [2.45, 2.75) is 98.3 Å². The van der Waals surface area contributed by atoms with Gasteiger partial charge in [-0.3, -0.25) is 0 Å². The van der Waals surface area contributed by atoms with Crippen molar-refractivity contribution >= 4 is 0 Å². The standard InChI is InChI=1S/C10H22.C5H12/c1-3-5-7-9-10-8-6-4-2;1-3-5-4-2/h3-10H2,1-2H3;3-5H2,1-2H3. The SMILES string of the molecule is CCCCC.CCCCCCCCCC. The zero-order valence-corrected chi connectivity index (χ0v) is 11.8. The molecule has 0 rings (SSSR count). The maximum atomic E-state index is 2.27. The third kappa shape index (κ3) is 24.9. The van der Waals surface area contributed by atoms with Gasteiger partial charge in [0.15, 0.2) is 0 Å². The van der Waals surface area contributed by atoms with Crippen molar-refractivity contribution in [1.29, 1.82) is 0 Å². The van der Waals surface area contributed by atoms with E-state index in [1.54, 1.807) is 0 Å². The summed E-state index contributed by atoms with van der Waals surface area (Å²) >= 11 is 0. The van der Waals surface area contributed by atoms with Crippen LogP contribution in [-0.4, -0.2) is 0 Å². The Kier molecular flexibility index (Phi) is 22.7. The number of hydrogen-bond acceptors (Lipinski definition) is 0. The van der Waals surface area contributed by atoms with Crippen molar-refractivity contribution in [1.82, 2.24) is 0 Å². The first kappa shape index (κ1) is 17.4. The van der Waals surface area contributed by atoms with Crippen molar-refractivity contribution < 1.29 is 0 Å². The van der Waals surface area contributed by atoms with E-state index in [2.05, 4.69) is 27.7 Å². The molecule has 0 aromatic heterocycles. The van der Waals surface area contributed by atoms with E-state index in [0.29, 0.717) is 0 Å². The monoisotopic (exact) mass is 214 g/mol. The molecule has 0 fully saturated rings. The van der Waals surface area contributed by atoms with Crippen LogP contribution in [0.3, 0.4) is 0 Å². The molecule has 0 spiro atoms. The zero-order chi connectivity index (χ0) is 11.8. The highest BCUT2D eigenvalue weighted by molar-refractivity contribution is 4.43. The van der Waals surface area contributed by atoms with Crippen LogP contribution >= 0.6 is 0 Å². The van der Waals surface area contributed by atoms with E-state index < -0.39 is 0 Å². The minimum atomic E-state index is 1.34. The molecular formula is C15H34. The van der Waals surface area contributed by atoms with Crippen LogP contribution in [0.2, 0.25) is 0 Å². The molecule has 0 saturated carbocycles. The highest BCUT2D eigenvalue weighted by Crippen LogP contribution is 2.07. The summed E-state index contributed by atoms with van der Waals surface area (Å²) in [5.41, 5.74) is 0. The highest BCUT2D eigenvalue weighted by Gasteiger charge is 1.87. The molecule has 0 saturated heterocycles. The Balaban J connectivity index is 0. The van der Waals surface area contributed by atoms with Crippen LogP contribution in [0.4, 0.5) is 0 Å². The van der Waals surface area contributed by atoms with Crippen LogP contribution in [0.5, 0.6) is 0 Å². The van der Waals surface area contributed by atoms with E-state index in [9.17, 15) is 0 Å². The minimum absolute atomic E-state index is 1.34. The van der Waals surface area contributed by atoms with Crippen molar-refractivity contribution in [2.24, 2.45) is 0 Å². The van der Waals surface area contributed by atoms with Crippen molar-refractivity contribution in [3.8, 4) is 0 Å². The van der Waals surface area contributed by atoms with Crippen LogP contribution in [0.15, 0.2) is 0 Å². The second-order valence-corrected chi connectivity index (χ2v) is 4.47. The number of unbranched alkanes of at least 4 members (excludes halogenated alkanes) is 9. The van der Waals surface area contributed by atoms with E-state index in [0.717, 1.165) is 0 Å². The molecule has 0 unspecified atom stereocenters. The Morgan fingerprint density at radius 3 is 0.800 bits per heavy atom. The number of rotatable bonds is 9. The van der Waals surface area contributed by atoms with Crippen molar-refractivity contribution in [3.05, 3.63) is 0 Å². The lowest BCUT2D eigenvalue weighted by Gasteiger charge is -1.97. The van der Waals surface area contributed by atoms with Gasteiger partial charge < -0.3 is 0 Å². The largest absolute Gasteiger partial charge is 0.0654 e. The molecular weight excluding hydrogens is 180 g/mol. The fourth-order valence-corrected chi connectivity index (χ4v) is 1.56. The van der Waals surface area contributed by atoms with Crippen LogP contribution in [0.1, 0.15) is 98.3 Å². The summed E-state index contributed by atoms with van der Waals surface area (Å²) in [5, 5.41) is 0. The van der Waals surface area contributed by atoms with E-state index in [4.69, 9.17) is 0 Å². The van der Waals surface area contributed by atoms with Gasteiger partial charge in [0.1, 0.15) is 0 Å². The van der Waals surface area contributed by atoms with Gasteiger partial charge in [-0.2, -0.15) is 0 Å². The van der Waals surface area contributed by atoms with E-state index >= 15 is 0 Å². The van der Waals surface area contributed by atoms with Gasteiger partial charge in [-0.1, -0.05) is 98.3 Å². The van der Waals surface area contributed by atoms with Gasteiger partial charge in [0.05, 0.1) is 0 Å². The summed E-state index contributed by atoms with van der Waals surface area (Å²) in [5.74, 6) is 0. The van der Waals surface area contributed by atoms with E-state index in [1.165, 1.54) is 70.6 Å². The van der Waals surface area contributed by atoms with Crippen LogP contribution in [-0.2, 0) is 0 Å². The van der Waals surface area contributed by atoms with Crippen LogP contribution in [0, 0.1) is 0 Å². The van der Waals surface area contributed by atoms with Gasteiger partial charge in [-0.25, -0.2) is 0 Å². The summed E-state index contributed by atoms with van der Waals surface area (Å²) in [6.45, 7) is 8.96. The average Bonchev–Trinajstić information content (AvgIpc) is 2.25. The third-order valence-corrected chi connectivity index (χ3v) is 2.66. The highest BCUT2D eigenvalue weighted by atomic mass is 13.9. The van der Waals surface area contributed by atoms with Gasteiger partial charge in [-0.05, 0) is 0 Å². The maximum Gasteiger partial charge on any atom is -0.0533 e. The normalized spacial score (nSPS) is 9.60. The Hall–Kier alpha value is 0. The Bertz CT molecular complexity index is 66.1. The van der Waals surface area contributed by atoms with E-state index in [1.807, 2.05) is 0 Å². The average molecular weight is 214 g/mol. The molecule has 0 aliphatic carbocycles. The molecule has 0 aliphatic heterocycles. The van der Waals surface area contributed by atoms with Gasteiger partial charge in [0, 0.05) is 0 Å². The zero-order valence-electron chi connectivity index (χ0n) is 11.8. The molecule has 0 aromatic carbocycles. The Morgan fingerprint density at radius 2 is 0.600 bits per heavy atom. The summed E-state index contributed by atoms with van der Waals surface area (Å²) in [6, 6.07) is 0. The second kappa shape index (κ2) is 19.6. The molecule has 0 nitrogen and oxygen atoms in total. The third-order valence-electron chi connectivity index (χ3n) is 2.66. The topological polar surface area (TPSA) is 0 Å². The number of hydrogen-bond donors (Lipinski definition) is 0. The molecule has 0 N–H and O–H groups in total. The fourth-order valence-electron chi connectivity index (χ4n) is 1.56. The van der Waals surface area contributed by atoms with Gasteiger partial charge in [0.25, 0.3) is 0 Å². The van der Waals surface area contributed by atoms with Crippen molar-refractivity contribution in [2.75, 3.05) is 0 Å². The molecule has 0 atom stereocenters. The second-order valence-electron chi connectivity index (χ2n) is 4.47. The lowest BCUT2D eigenvalue weighted by atomic mass is 10.1. The van der Waals surface area contributed by atoms with Crippen LogP contribution < -0.4 is 0 Å². The summed E-state index contributed by atoms with van der Waals surface area (Å²) in [7, 11) is 0. The van der Waals surface area contributed by atoms with Crippen molar-refractivity contribution in [3.63, 3.8) is 0 Å². The Labute approximate surface area is 98.9 Å². The quantitative estimate of drug-likeness (QED) is 0.393. The van der Waals surface area contributed by atoms with Gasteiger partial charge in [0.2, 0.25) is 0 Å². The van der Waals surface area contributed by atoms with E-state index in [-0.39, 0.29) is 0 Å². The molecule has 0 aliphatic rings. The Morgan fingerprint density at radius 1 is 0.333 bits per heavy atom. The molecule has 0 heteroatoms. The summed E-state index contributed by atoms with van der Waals surface area (Å²) in [6.07, 6.45) is 15.5. The molecule has 0 amide bonds. The molecule has 0 radical (unpaired) electrons. The molecule has 0 bridgehead atoms. The first-order chi connectivity index (χ1) is 7.33. The minimum Gasteiger partial charge on any atom is -0.0654 e. The molecule has 15 heavy (non-hydrogen) atoms. The lowest BCUT2D eigenvalue weighted by molar-refractivity contribution is 0.585. The molecule has 0 heterocycles. The first-order valence-corrected chi connectivity index (χ1v) is 7.33. The van der Waals surface area contributed by atoms with Gasteiger partial charge >= 0.3 is 0 Å². The summed E-state index contributed by atoms with van der Waals surface area (Å²) in [4.78, 5) is 0. The smallest absolute Gasteiger partial charge is 0.0533 e. The fraction of sp³-hybridized carbons (Fsp3) is 1.00.